The fourth-order valence-corrected chi connectivity index (χ4v) is 1.74. The molecule has 0 aliphatic heterocycles. The van der Waals surface area contributed by atoms with Gasteiger partial charge in [-0.25, -0.2) is 4.85 Å². The molecule has 1 heteroatoms. The van der Waals surface area contributed by atoms with E-state index in [2.05, 4.69) is 36.0 Å². The van der Waals surface area contributed by atoms with Crippen LogP contribution in [0.5, 0.6) is 0 Å². The Bertz CT molecular complexity index is 518. The molecule has 0 spiro atoms. The predicted octanol–water partition coefficient (Wildman–Crippen LogP) is 4.47. The molecule has 0 saturated heterocycles. The van der Waals surface area contributed by atoms with Gasteiger partial charge in [0.25, 0.3) is 0 Å². The van der Waals surface area contributed by atoms with Crippen LogP contribution in [0.4, 0.5) is 5.69 Å². The molecule has 0 N–H and O–H groups in total. The summed E-state index contributed by atoms with van der Waals surface area (Å²) in [6, 6.07) is 16.1. The van der Waals surface area contributed by atoms with E-state index in [1.807, 2.05) is 24.3 Å². The van der Waals surface area contributed by atoms with Gasteiger partial charge in [0, 0.05) is 0 Å². The van der Waals surface area contributed by atoms with Crippen molar-refractivity contribution in [3.8, 4) is 11.1 Å². The monoisotopic (exact) mass is 207 g/mol. The maximum Gasteiger partial charge on any atom is 0.194 e. The van der Waals surface area contributed by atoms with Crippen molar-refractivity contribution in [3.05, 3.63) is 65.5 Å². The second-order valence-electron chi connectivity index (χ2n) is 3.68. The number of aryl methyl sites for hydroxylation is 1. The first-order chi connectivity index (χ1) is 7.85. The largest absolute Gasteiger partial charge is 0.238 e. The first kappa shape index (κ1) is 10.4. The van der Waals surface area contributed by atoms with Crippen molar-refractivity contribution in [2.24, 2.45) is 0 Å². The number of rotatable bonds is 2. The SMILES string of the molecule is [C-]#[N+]c1ccccc1-c1ccc(CC)cc1. The molecule has 0 atom stereocenters. The molecule has 1 nitrogen and oxygen atoms in total. The Kier molecular flexibility index (Phi) is 3.03. The summed E-state index contributed by atoms with van der Waals surface area (Å²) < 4.78 is 0. The molecule has 2 aromatic carbocycles. The van der Waals surface area contributed by atoms with E-state index >= 15 is 0 Å². The Morgan fingerprint density at radius 3 is 2.31 bits per heavy atom. The highest BCUT2D eigenvalue weighted by Gasteiger charge is 2.03. The van der Waals surface area contributed by atoms with Crippen molar-refractivity contribution in [1.82, 2.24) is 0 Å². The fraction of sp³-hybridized carbons (Fsp3) is 0.133. The lowest BCUT2D eigenvalue weighted by Crippen LogP contribution is -1.81. The predicted molar refractivity (Wildman–Crippen MR) is 67.5 cm³/mol. The van der Waals surface area contributed by atoms with Crippen LogP contribution in [0.25, 0.3) is 16.0 Å². The second-order valence-corrected chi connectivity index (χ2v) is 3.68. The molecule has 0 aromatic heterocycles. The van der Waals surface area contributed by atoms with Crippen LogP contribution in [0.2, 0.25) is 0 Å². The van der Waals surface area contributed by atoms with Crippen molar-refractivity contribution < 1.29 is 0 Å². The molecule has 0 amide bonds. The Morgan fingerprint density at radius 2 is 1.69 bits per heavy atom. The van der Waals surface area contributed by atoms with Crippen LogP contribution < -0.4 is 0 Å². The minimum Gasteiger partial charge on any atom is -0.238 e. The van der Waals surface area contributed by atoms with Gasteiger partial charge in [0.1, 0.15) is 0 Å². The normalized spacial score (nSPS) is 9.75. The highest BCUT2D eigenvalue weighted by atomic mass is 14.6. The van der Waals surface area contributed by atoms with Gasteiger partial charge in [0.2, 0.25) is 0 Å². The summed E-state index contributed by atoms with van der Waals surface area (Å²) >= 11 is 0. The minimum absolute atomic E-state index is 0.715. The third kappa shape index (κ3) is 1.97. The maximum absolute atomic E-state index is 7.14. The van der Waals surface area contributed by atoms with Crippen LogP contribution in [0.15, 0.2) is 48.5 Å². The number of hydrogen-bond acceptors (Lipinski definition) is 0. The highest BCUT2D eigenvalue weighted by molar-refractivity contribution is 5.78. The summed E-state index contributed by atoms with van der Waals surface area (Å²) in [6.07, 6.45) is 1.05. The molecule has 2 rings (SSSR count). The van der Waals surface area contributed by atoms with Gasteiger partial charge in [-0.3, -0.25) is 0 Å². The third-order valence-corrected chi connectivity index (χ3v) is 2.70. The van der Waals surface area contributed by atoms with E-state index in [0.29, 0.717) is 5.69 Å². The van der Waals surface area contributed by atoms with Crippen LogP contribution in [0.3, 0.4) is 0 Å². The fourth-order valence-electron chi connectivity index (χ4n) is 1.74. The van der Waals surface area contributed by atoms with E-state index < -0.39 is 0 Å². The minimum atomic E-state index is 0.715. The van der Waals surface area contributed by atoms with E-state index in [1.54, 1.807) is 0 Å². The lowest BCUT2D eigenvalue weighted by Gasteiger charge is -2.05. The molecule has 16 heavy (non-hydrogen) atoms. The molecule has 0 aliphatic rings. The lowest BCUT2D eigenvalue weighted by molar-refractivity contribution is 1.14. The van der Waals surface area contributed by atoms with Crippen LogP contribution in [-0.4, -0.2) is 0 Å². The first-order valence-corrected chi connectivity index (χ1v) is 5.41. The van der Waals surface area contributed by atoms with Crippen LogP contribution in [0.1, 0.15) is 12.5 Å². The van der Waals surface area contributed by atoms with E-state index in [-0.39, 0.29) is 0 Å². The molecular weight excluding hydrogens is 194 g/mol. The van der Waals surface area contributed by atoms with Crippen LogP contribution in [0, 0.1) is 6.57 Å². The first-order valence-electron chi connectivity index (χ1n) is 5.41. The van der Waals surface area contributed by atoms with Crippen molar-refractivity contribution in [3.63, 3.8) is 0 Å². The zero-order valence-corrected chi connectivity index (χ0v) is 9.27. The summed E-state index contributed by atoms with van der Waals surface area (Å²) in [5.74, 6) is 0. The maximum atomic E-state index is 7.14. The Morgan fingerprint density at radius 1 is 1.00 bits per heavy atom. The number of hydrogen-bond donors (Lipinski definition) is 0. The van der Waals surface area contributed by atoms with Crippen LogP contribution >= 0.6 is 0 Å². The zero-order chi connectivity index (χ0) is 11.4. The van der Waals surface area contributed by atoms with Gasteiger partial charge < -0.3 is 0 Å². The van der Waals surface area contributed by atoms with Gasteiger partial charge in [-0.15, -0.1) is 0 Å². The summed E-state index contributed by atoms with van der Waals surface area (Å²) in [5.41, 5.74) is 4.17. The van der Waals surface area contributed by atoms with Crippen LogP contribution in [-0.2, 0) is 6.42 Å². The molecule has 0 bridgehead atoms. The van der Waals surface area contributed by atoms with Crippen molar-refractivity contribution in [2.75, 3.05) is 0 Å². The molecule has 2 aromatic rings. The summed E-state index contributed by atoms with van der Waals surface area (Å²) in [4.78, 5) is 3.54. The summed E-state index contributed by atoms with van der Waals surface area (Å²) in [7, 11) is 0. The average Bonchev–Trinajstić information content (AvgIpc) is 2.39. The summed E-state index contributed by atoms with van der Waals surface area (Å²) in [5, 5.41) is 0. The molecule has 0 radical (unpaired) electrons. The molecule has 78 valence electrons. The standard InChI is InChI=1S/C15H13N/c1-3-12-8-10-13(11-9-12)14-6-4-5-7-15(14)16-2/h4-11H,3H2,1H3. The van der Waals surface area contributed by atoms with Gasteiger partial charge in [0.15, 0.2) is 5.69 Å². The van der Waals surface area contributed by atoms with E-state index in [1.165, 1.54) is 5.56 Å². The molecular formula is C15H13N. The molecule has 0 aliphatic carbocycles. The van der Waals surface area contributed by atoms with Crippen molar-refractivity contribution in [2.45, 2.75) is 13.3 Å². The number of para-hydroxylation sites is 1. The molecule has 0 fully saturated rings. The number of benzene rings is 2. The van der Waals surface area contributed by atoms with Gasteiger partial charge in [-0.1, -0.05) is 55.5 Å². The smallest absolute Gasteiger partial charge is 0.194 e. The number of nitrogens with zero attached hydrogens (tertiary/aromatic N) is 1. The molecule has 0 saturated carbocycles. The van der Waals surface area contributed by atoms with E-state index in [9.17, 15) is 0 Å². The van der Waals surface area contributed by atoms with Gasteiger partial charge in [-0.05, 0) is 23.1 Å². The topological polar surface area (TPSA) is 4.36 Å². The summed E-state index contributed by atoms with van der Waals surface area (Å²) in [6.45, 7) is 9.28. The highest BCUT2D eigenvalue weighted by Crippen LogP contribution is 2.29. The van der Waals surface area contributed by atoms with Crippen molar-refractivity contribution in [1.29, 1.82) is 0 Å². The van der Waals surface area contributed by atoms with Gasteiger partial charge >= 0.3 is 0 Å². The average molecular weight is 207 g/mol. The third-order valence-electron chi connectivity index (χ3n) is 2.70. The molecule has 0 unspecified atom stereocenters. The molecule has 0 heterocycles. The van der Waals surface area contributed by atoms with E-state index in [4.69, 9.17) is 6.57 Å². The Balaban J connectivity index is 2.47. The van der Waals surface area contributed by atoms with Crippen molar-refractivity contribution >= 4 is 5.69 Å². The zero-order valence-electron chi connectivity index (χ0n) is 9.27. The lowest BCUT2D eigenvalue weighted by atomic mass is 10.0. The second kappa shape index (κ2) is 4.63. The van der Waals surface area contributed by atoms with E-state index in [0.717, 1.165) is 17.5 Å². The van der Waals surface area contributed by atoms with Gasteiger partial charge in [0.05, 0.1) is 6.57 Å². The Hall–Kier alpha value is -2.07. The van der Waals surface area contributed by atoms with Gasteiger partial charge in [-0.2, -0.15) is 0 Å². The Labute approximate surface area is 96.2 Å². The quantitative estimate of drug-likeness (QED) is 0.640.